The molecule has 28 atom stereocenters. The van der Waals surface area contributed by atoms with Gasteiger partial charge in [-0.25, -0.2) is 4.79 Å². The van der Waals surface area contributed by atoms with Crippen LogP contribution in [0, 0.1) is 156 Å². The molecule has 147 heavy (non-hydrogen) atoms. The minimum Gasteiger partial charge on any atom is -0.463 e. The van der Waals surface area contributed by atoms with Crippen LogP contribution in [-0.4, -0.2) is 189 Å². The van der Waals surface area contributed by atoms with Crippen molar-refractivity contribution >= 4 is 71.6 Å². The Balaban J connectivity index is 0.000000120. The van der Waals surface area contributed by atoms with E-state index in [0.29, 0.717) is 111 Å². The molecule has 28 unspecified atom stereocenters. The summed E-state index contributed by atoms with van der Waals surface area (Å²) in [6.45, 7) is 49.5. The first-order chi connectivity index (χ1) is 68.8. The molecule has 0 radical (unpaired) electrons. The molecule has 8 saturated heterocycles. The van der Waals surface area contributed by atoms with E-state index in [1.807, 2.05) is 132 Å². The van der Waals surface area contributed by atoms with Crippen LogP contribution in [0.25, 0.3) is 0 Å². The number of carbonyl (C=O) groups excluding carboxylic acids is 12. The standard InChI is InChI=1S/C19H30O2.C18H30O2.2C16H26O3.C14H20O4.2C13H18O5.C10H16O4/c1-4-11(3)18(20)21-19(5-2)10-14-9-15(19)17-13-7-6-12(8-13)16(14)17;1-5-17(3,4)16(19)20-18(6-2)14-8-12-7-13(10-14)11-15(18)9-12;2*1-4-14(2,3)13(17)19-16-8-11-5-12(9-16)7-15(18,6-11)10-16;1-4-14(2,3)13(16)18-10-7-5-8-9(6-7)12(15)17-11(8)10;2*1-4-13(2,3)12(15)18-9-7-5-6-8(16-7)10(9)17-11(6)14;1-4-10(2,3)9(12)14-7-5-6-13-8(7)11/h11-17H,4-10H2,1-3H3;12-15H,5-11H2,1-4H3;2*11-12,18H,4-10H2,1-3H3;7-11H,4-6H2,1-3H3;2*6-10H,4-5H2,1-3H3;7H,4-6H2,1-3H3. The molecule has 26 rings (SSSR count). The third-order valence-corrected chi connectivity index (χ3v) is 42.6. The van der Waals surface area contributed by atoms with Crippen LogP contribution in [0.2, 0.25) is 0 Å². The molecule has 8 heterocycles. The molecular formula is C119H184O28. The van der Waals surface area contributed by atoms with Gasteiger partial charge in [0, 0.05) is 37.0 Å². The van der Waals surface area contributed by atoms with E-state index in [-0.39, 0.29) is 154 Å². The number of cyclic esters (lactones) is 1. The summed E-state index contributed by atoms with van der Waals surface area (Å²) >= 11 is 0. The molecule has 0 spiro atoms. The smallest absolute Gasteiger partial charge is 0.347 e. The van der Waals surface area contributed by atoms with Gasteiger partial charge < -0.3 is 76.5 Å². The van der Waals surface area contributed by atoms with Crippen LogP contribution in [0.4, 0.5) is 0 Å². The maximum atomic E-state index is 12.6. The highest BCUT2D eigenvalue weighted by Crippen LogP contribution is 2.72. The Kier molecular flexibility index (Phi) is 32.3. The zero-order valence-electron chi connectivity index (χ0n) is 93.8. The molecule has 0 aromatic carbocycles. The molecule has 0 aromatic heterocycles. The van der Waals surface area contributed by atoms with Crippen LogP contribution in [0.1, 0.15) is 411 Å². The molecule has 18 saturated carbocycles. The monoisotopic (exact) mass is 2060 g/mol. The van der Waals surface area contributed by atoms with Crippen molar-refractivity contribution in [2.24, 2.45) is 156 Å². The number of carbonyl (C=O) groups is 12. The second kappa shape index (κ2) is 42.0. The van der Waals surface area contributed by atoms with Gasteiger partial charge in [0.1, 0.15) is 46.8 Å². The molecule has 18 aliphatic carbocycles. The zero-order chi connectivity index (χ0) is 107. The SMILES string of the molecule is CCC(C)(C)C(=O)OC1(CC)C2CC3CC(C2)CC1C3.CCC(C)(C)C(=O)OC12CC3CC(CC(O)(C3)C1)C2.CCC(C)(C)C(=O)OC12CC3CC(CC(O)(C3)C1)C2.CCC(C)(C)C(=O)OC1C2CC3C(=O)OC1C3C2.CCC(C)(C)C(=O)OC1C2CC3C(=O)OC1C3O2.CCC(C)(C)C(=O)OC1C2CC3C(=O)OC1C3O2.CCC(C)(C)C(=O)OC1CCOC1=O.CCC(C)C(=O)OC1(CC)CC2CC1C1C3CCC(C3)C21. The zero-order valence-corrected chi connectivity index (χ0v) is 93.8. The van der Waals surface area contributed by atoms with E-state index in [0.717, 1.165) is 151 Å². The van der Waals surface area contributed by atoms with Crippen molar-refractivity contribution in [2.45, 2.75) is 511 Å². The molecule has 28 heteroatoms. The lowest BCUT2D eigenvalue weighted by molar-refractivity contribution is -0.226. The van der Waals surface area contributed by atoms with Crippen molar-refractivity contribution in [1.29, 1.82) is 0 Å². The summed E-state index contributed by atoms with van der Waals surface area (Å²) < 4.78 is 78.2. The lowest BCUT2D eigenvalue weighted by atomic mass is 9.49. The Morgan fingerprint density at radius 2 is 0.735 bits per heavy atom. The maximum Gasteiger partial charge on any atom is 0.347 e. The molecule has 0 aromatic rings. The lowest BCUT2D eigenvalue weighted by Crippen LogP contribution is -2.61. The van der Waals surface area contributed by atoms with Gasteiger partial charge in [0.2, 0.25) is 6.10 Å². The van der Waals surface area contributed by atoms with E-state index in [2.05, 4.69) is 27.7 Å². The second-order valence-corrected chi connectivity index (χ2v) is 55.3. The average molecular weight is 2060 g/mol. The highest BCUT2D eigenvalue weighted by Gasteiger charge is 2.72. The van der Waals surface area contributed by atoms with Crippen molar-refractivity contribution in [1.82, 2.24) is 0 Å². The van der Waals surface area contributed by atoms with Gasteiger partial charge in [0.25, 0.3) is 0 Å². The van der Waals surface area contributed by atoms with Crippen LogP contribution >= 0.6 is 0 Å². The van der Waals surface area contributed by atoms with Crippen LogP contribution in [0.15, 0.2) is 0 Å². The number of hydrogen-bond acceptors (Lipinski definition) is 28. The first-order valence-corrected chi connectivity index (χ1v) is 58.1. The summed E-state index contributed by atoms with van der Waals surface area (Å²) in [4.78, 5) is 143. The quantitative estimate of drug-likeness (QED) is 0.0461. The van der Waals surface area contributed by atoms with Crippen LogP contribution in [0.5, 0.6) is 0 Å². The molecule has 26 fully saturated rings. The molecule has 2 N–H and O–H groups in total. The van der Waals surface area contributed by atoms with Gasteiger partial charge in [-0.1, -0.05) is 76.2 Å². The highest BCUT2D eigenvalue weighted by atomic mass is 16.7. The maximum absolute atomic E-state index is 12.6. The summed E-state index contributed by atoms with van der Waals surface area (Å²) in [5.74, 6) is 9.28. The number of rotatable bonds is 26. The van der Waals surface area contributed by atoms with E-state index < -0.39 is 80.2 Å². The third kappa shape index (κ3) is 22.0. The number of aliphatic hydroxyl groups is 2. The van der Waals surface area contributed by atoms with Crippen molar-refractivity contribution in [2.75, 3.05) is 6.61 Å². The topological polar surface area (TPSA) is 375 Å². The van der Waals surface area contributed by atoms with E-state index in [4.69, 9.17) is 66.3 Å². The molecule has 828 valence electrons. The third-order valence-electron chi connectivity index (χ3n) is 42.6. The predicted molar refractivity (Wildman–Crippen MR) is 542 cm³/mol. The van der Waals surface area contributed by atoms with Crippen molar-refractivity contribution in [3.63, 3.8) is 0 Å². The Morgan fingerprint density at radius 1 is 0.354 bits per heavy atom. The fourth-order valence-electron chi connectivity index (χ4n) is 31.6. The molecule has 28 nitrogen and oxygen atoms in total. The average Bonchev–Trinajstić information content (AvgIpc) is 1.54. The van der Waals surface area contributed by atoms with Gasteiger partial charge in [0.05, 0.1) is 91.6 Å². The van der Waals surface area contributed by atoms with E-state index in [1.54, 1.807) is 13.8 Å². The van der Waals surface area contributed by atoms with Gasteiger partial charge in [-0.15, -0.1) is 0 Å². The van der Waals surface area contributed by atoms with Gasteiger partial charge >= 0.3 is 71.6 Å². The summed E-state index contributed by atoms with van der Waals surface area (Å²) in [5, 5.41) is 21.3. The van der Waals surface area contributed by atoms with Crippen molar-refractivity contribution in [3.8, 4) is 0 Å². The van der Waals surface area contributed by atoms with Crippen molar-refractivity contribution < 1.29 is 134 Å². The molecule has 26 aliphatic rings. The van der Waals surface area contributed by atoms with Crippen molar-refractivity contribution in [3.05, 3.63) is 0 Å². The van der Waals surface area contributed by atoms with E-state index in [1.165, 1.54) is 77.0 Å². The Morgan fingerprint density at radius 3 is 1.12 bits per heavy atom. The summed E-state index contributed by atoms with van der Waals surface area (Å²) in [6, 6.07) is 0. The van der Waals surface area contributed by atoms with Gasteiger partial charge in [-0.2, -0.15) is 0 Å². The van der Waals surface area contributed by atoms with Gasteiger partial charge in [-0.05, 0) is 392 Å². The summed E-state index contributed by atoms with van der Waals surface area (Å²) in [5.41, 5.74) is -5.21. The van der Waals surface area contributed by atoms with Crippen LogP contribution in [-0.2, 0) is 124 Å². The molecule has 8 aliphatic heterocycles. The minimum atomic E-state index is -0.687. The molecule has 22 bridgehead atoms. The Hall–Kier alpha value is -6.52. The predicted octanol–water partition coefficient (Wildman–Crippen LogP) is 20.4. The molecule has 0 amide bonds. The first-order valence-electron chi connectivity index (χ1n) is 58.1. The van der Waals surface area contributed by atoms with E-state index >= 15 is 0 Å². The normalized spacial score (nSPS) is 41.8. The number of hydrogen-bond donors (Lipinski definition) is 2. The van der Waals surface area contributed by atoms with E-state index in [9.17, 15) is 67.7 Å². The fourth-order valence-corrected chi connectivity index (χ4v) is 31.6. The highest BCUT2D eigenvalue weighted by molar-refractivity contribution is 5.84. The summed E-state index contributed by atoms with van der Waals surface area (Å²) in [7, 11) is 0. The Bertz CT molecular complexity index is 4540. The minimum absolute atomic E-state index is 0.0364. The Labute approximate surface area is 875 Å². The number of fused-ring (bicyclic) bond motifs is 12. The number of ether oxygens (including phenoxy) is 14. The first kappa shape index (κ1) is 113. The fraction of sp³-hybridized carbons (Fsp3) is 0.899. The largest absolute Gasteiger partial charge is 0.463 e. The molecular weight excluding hydrogens is 1880 g/mol. The van der Waals surface area contributed by atoms with Crippen LogP contribution in [0.3, 0.4) is 0 Å². The lowest BCUT2D eigenvalue weighted by Gasteiger charge is -2.60. The second-order valence-electron chi connectivity index (χ2n) is 55.3. The number of esters is 12. The summed E-state index contributed by atoms with van der Waals surface area (Å²) in [6.07, 6.45) is 33.2. The van der Waals surface area contributed by atoms with Gasteiger partial charge in [-0.3, -0.25) is 52.7 Å². The van der Waals surface area contributed by atoms with Gasteiger partial charge in [0.15, 0.2) is 24.4 Å². The van der Waals surface area contributed by atoms with Crippen LogP contribution < -0.4 is 0 Å².